The van der Waals surface area contributed by atoms with Crippen LogP contribution in [0.25, 0.3) is 27.4 Å². The molecule has 0 radical (unpaired) electrons. The number of aromatic amines is 2. The Bertz CT molecular complexity index is 1800. The van der Waals surface area contributed by atoms with E-state index in [1.165, 1.54) is 0 Å². The Morgan fingerprint density at radius 3 is 1.49 bits per heavy atom. The number of aryl methyl sites for hydroxylation is 6. The number of nitriles is 1. The Hall–Kier alpha value is -5.04. The molecule has 4 aromatic rings. The first kappa shape index (κ1) is 36.1. The number of rotatable bonds is 6. The lowest BCUT2D eigenvalue weighted by molar-refractivity contribution is 0.0685. The van der Waals surface area contributed by atoms with Gasteiger partial charge in [0.15, 0.2) is 13.9 Å². The Labute approximate surface area is 264 Å². The van der Waals surface area contributed by atoms with Crippen LogP contribution in [0.4, 0.5) is 0 Å². The number of H-pyrrole nitrogens is 2. The van der Waals surface area contributed by atoms with Gasteiger partial charge in [-0.3, -0.25) is 0 Å². The monoisotopic (exact) mass is 628 g/mol. The normalized spacial score (nSPS) is 10.5. The lowest BCUT2D eigenvalue weighted by Gasteiger charge is -2.08. The lowest BCUT2D eigenvalue weighted by atomic mass is 9.97. The van der Waals surface area contributed by atoms with Crippen molar-refractivity contribution in [3.63, 3.8) is 0 Å². The number of carboxylic acids is 2. The third kappa shape index (κ3) is 9.47. The van der Waals surface area contributed by atoms with Crippen molar-refractivity contribution in [2.45, 2.75) is 74.3 Å². The van der Waals surface area contributed by atoms with Crippen LogP contribution in [0.5, 0.6) is 0 Å². The molecule has 0 aliphatic rings. The molecule has 2 aromatic carbocycles. The summed E-state index contributed by atoms with van der Waals surface area (Å²) in [6.07, 6.45) is 0. The zero-order valence-electron chi connectivity index (χ0n) is 27.2. The summed E-state index contributed by atoms with van der Waals surface area (Å²) in [5.74, 6) is -0.818. The Morgan fingerprint density at radius 1 is 0.800 bits per heavy atom. The number of aliphatic hydroxyl groups excluding tert-OH is 1. The Kier molecular flexibility index (Phi) is 12.1. The summed E-state index contributed by atoms with van der Waals surface area (Å²) in [7, 11) is -1.33. The van der Waals surface area contributed by atoms with Crippen molar-refractivity contribution in [2.24, 2.45) is 0 Å². The second-order valence-corrected chi connectivity index (χ2v) is 16.4. The smallest absolute Gasteiger partial charge is 0.335 e. The van der Waals surface area contributed by atoms with E-state index in [0.29, 0.717) is 23.0 Å². The third-order valence-corrected chi connectivity index (χ3v) is 7.37. The number of hydrogen-bond acceptors (Lipinski definition) is 6. The lowest BCUT2D eigenvalue weighted by Crippen LogP contribution is -2.15. The molecule has 5 N–H and O–H groups in total. The largest absolute Gasteiger partial charge is 0.478 e. The number of aromatic carboxylic acids is 2. The van der Waals surface area contributed by atoms with E-state index in [2.05, 4.69) is 30.5 Å². The minimum absolute atomic E-state index is 0.169. The van der Waals surface area contributed by atoms with E-state index < -0.39 is 20.0 Å². The molecule has 11 nitrogen and oxygen atoms in total. The van der Waals surface area contributed by atoms with E-state index in [-0.39, 0.29) is 24.3 Å². The van der Waals surface area contributed by atoms with E-state index in [1.807, 2.05) is 59.5 Å². The van der Waals surface area contributed by atoms with Gasteiger partial charge in [-0.15, -0.1) is 0 Å². The topological polar surface area (TPSA) is 180 Å². The third-order valence-electron chi connectivity index (χ3n) is 6.70. The molecule has 0 atom stereocenters. The summed E-state index contributed by atoms with van der Waals surface area (Å²) in [5, 5.41) is 35.7. The van der Waals surface area contributed by atoms with Gasteiger partial charge in [0.1, 0.15) is 12.4 Å². The zero-order valence-corrected chi connectivity index (χ0v) is 28.2. The highest BCUT2D eigenvalue weighted by Crippen LogP contribution is 2.29. The van der Waals surface area contributed by atoms with Gasteiger partial charge in [-0.05, 0) is 75.9 Å². The maximum Gasteiger partial charge on any atom is 0.335 e. The van der Waals surface area contributed by atoms with Gasteiger partial charge in [-0.1, -0.05) is 31.8 Å². The van der Waals surface area contributed by atoms with Crippen LogP contribution in [0.3, 0.4) is 0 Å². The summed E-state index contributed by atoms with van der Waals surface area (Å²) in [4.78, 5) is 40.5. The minimum Gasteiger partial charge on any atom is -0.478 e. The first-order valence-electron chi connectivity index (χ1n) is 14.1. The number of nitrogens with one attached hydrogen (secondary N) is 2. The number of carboxylic acid groups (broad SMARTS) is 2. The highest BCUT2D eigenvalue weighted by atomic mass is 28.3. The van der Waals surface area contributed by atoms with Crippen LogP contribution in [-0.2, 0) is 13.2 Å². The molecule has 0 bridgehead atoms. The number of imidazole rings is 2. The molecular formula is C33H40N6O5Si. The van der Waals surface area contributed by atoms with Crippen molar-refractivity contribution in [1.82, 2.24) is 19.9 Å². The fraction of sp³-hybridized carbons (Fsp3) is 0.333. The molecule has 2 aromatic heterocycles. The van der Waals surface area contributed by atoms with Gasteiger partial charge >= 0.3 is 11.9 Å². The highest BCUT2D eigenvalue weighted by molar-refractivity contribution is 6.83. The number of nitrogens with zero attached hydrogens (tertiary/aromatic N) is 4. The van der Waals surface area contributed by atoms with Gasteiger partial charge in [0, 0.05) is 28.2 Å². The van der Waals surface area contributed by atoms with Crippen LogP contribution in [0.15, 0.2) is 24.3 Å². The average molecular weight is 629 g/mol. The van der Waals surface area contributed by atoms with Crippen molar-refractivity contribution in [3.8, 4) is 28.2 Å². The number of benzene rings is 2. The van der Waals surface area contributed by atoms with E-state index in [1.54, 1.807) is 26.0 Å². The van der Waals surface area contributed by atoms with E-state index in [0.717, 1.165) is 44.8 Å². The van der Waals surface area contributed by atoms with Gasteiger partial charge in [0.2, 0.25) is 0 Å². The number of aromatic nitrogens is 4. The molecule has 0 fully saturated rings. The molecule has 0 amide bonds. The van der Waals surface area contributed by atoms with Crippen LogP contribution in [-0.4, -0.2) is 55.3 Å². The van der Waals surface area contributed by atoms with E-state index in [4.69, 9.17) is 16.9 Å². The Morgan fingerprint density at radius 2 is 1.18 bits per heavy atom. The molecule has 0 spiro atoms. The summed E-state index contributed by atoms with van der Waals surface area (Å²) >= 11 is 0. The van der Waals surface area contributed by atoms with E-state index in [9.17, 15) is 19.8 Å². The van der Waals surface area contributed by atoms with Crippen molar-refractivity contribution < 1.29 is 24.9 Å². The van der Waals surface area contributed by atoms with Gasteiger partial charge in [-0.25, -0.2) is 31.4 Å². The van der Waals surface area contributed by atoms with Crippen LogP contribution in [0, 0.1) is 59.1 Å². The maximum absolute atomic E-state index is 11.2. The number of carbonyl (C=O) groups is 2. The van der Waals surface area contributed by atoms with Crippen molar-refractivity contribution in [3.05, 3.63) is 92.1 Å². The predicted molar refractivity (Wildman–Crippen MR) is 176 cm³/mol. The maximum atomic E-state index is 11.2. The SMILES string of the molecule is C[Si](C)(C)C#N.Cc1cc(C)c(-c2nc(CO)[nH]c2C)cc1C(=O)O.[C-]#[N+]Cc1nc(-c2cc(C(=O)O)c(C)cc2C)c(C)[nH]1. The van der Waals surface area contributed by atoms with Gasteiger partial charge in [0.05, 0.1) is 22.5 Å². The fourth-order valence-electron chi connectivity index (χ4n) is 4.47. The van der Waals surface area contributed by atoms with Gasteiger partial charge in [0.25, 0.3) is 6.54 Å². The summed E-state index contributed by atoms with van der Waals surface area (Å²) in [6.45, 7) is 24.1. The second-order valence-electron chi connectivity index (χ2n) is 11.7. The van der Waals surface area contributed by atoms with Crippen molar-refractivity contribution >= 4 is 20.0 Å². The standard InChI is InChI=1S/C15H15N3O2.C14H16N2O3.C4H9NSi/c1-8-5-9(2)12(15(19)20)6-11(8)14-10(3)17-13(18-14)7-16-4;1-7-4-8(2)11(14(18)19)5-10(7)13-9(3)15-12(6-17)16-13;1-6(2,3)4-5/h5-6H,7H2,1-3H3,(H,17,18)(H,19,20);4-5,17H,6H2,1-3H3,(H,15,16)(H,18,19);1-3H3. The molecular weight excluding hydrogens is 588 g/mol. The molecule has 0 saturated heterocycles. The van der Waals surface area contributed by atoms with Crippen LogP contribution in [0.1, 0.15) is 66.0 Å². The first-order valence-corrected chi connectivity index (χ1v) is 17.6. The second kappa shape index (κ2) is 15.1. The number of hydrogen-bond donors (Lipinski definition) is 5. The average Bonchev–Trinajstić information content (AvgIpc) is 3.50. The molecule has 0 saturated carbocycles. The van der Waals surface area contributed by atoms with Crippen molar-refractivity contribution in [1.29, 1.82) is 5.26 Å². The predicted octanol–water partition coefficient (Wildman–Crippen LogP) is 6.70. The highest BCUT2D eigenvalue weighted by Gasteiger charge is 2.18. The van der Waals surface area contributed by atoms with E-state index >= 15 is 0 Å². The van der Waals surface area contributed by atoms with Crippen LogP contribution < -0.4 is 0 Å². The quantitative estimate of drug-likeness (QED) is 0.115. The number of aliphatic hydroxyl groups is 1. The van der Waals surface area contributed by atoms with Crippen LogP contribution in [0.2, 0.25) is 19.6 Å². The minimum atomic E-state index is -1.33. The first-order chi connectivity index (χ1) is 20.9. The van der Waals surface area contributed by atoms with Crippen LogP contribution >= 0.6 is 0 Å². The summed E-state index contributed by atoms with van der Waals surface area (Å²) in [6, 6.07) is 6.97. The van der Waals surface area contributed by atoms with Gasteiger partial charge < -0.3 is 30.1 Å². The fourth-order valence-corrected chi connectivity index (χ4v) is 4.47. The molecule has 0 aliphatic carbocycles. The molecule has 4 rings (SSSR count). The molecule has 45 heavy (non-hydrogen) atoms. The zero-order chi connectivity index (χ0) is 34.2. The molecule has 12 heteroatoms. The van der Waals surface area contributed by atoms with Gasteiger partial charge in [-0.2, -0.15) is 0 Å². The Balaban J connectivity index is 0.000000266. The summed E-state index contributed by atoms with van der Waals surface area (Å²) in [5.41, 5.74) is 10.8. The molecule has 2 heterocycles. The molecule has 0 aliphatic heterocycles. The molecule has 0 unspecified atom stereocenters. The summed E-state index contributed by atoms with van der Waals surface area (Å²) < 4.78 is 0. The molecule has 236 valence electrons. The van der Waals surface area contributed by atoms with Crippen molar-refractivity contribution in [2.75, 3.05) is 0 Å².